The summed E-state index contributed by atoms with van der Waals surface area (Å²) in [5.41, 5.74) is 5.72. The van der Waals surface area contributed by atoms with Crippen molar-refractivity contribution in [2.75, 3.05) is 17.6 Å². The molecule has 1 aliphatic rings. The number of hydrogen-bond acceptors (Lipinski definition) is 5. The number of aromatic nitrogens is 2. The second-order valence-electron chi connectivity index (χ2n) is 6.74. The average Bonchev–Trinajstić information content (AvgIpc) is 2.36. The molecule has 0 aliphatic heterocycles. The summed E-state index contributed by atoms with van der Waals surface area (Å²) >= 11 is 0. The van der Waals surface area contributed by atoms with Crippen LogP contribution in [-0.4, -0.2) is 27.7 Å². The molecule has 0 bridgehead atoms. The molecule has 1 heterocycles. The van der Waals surface area contributed by atoms with Crippen LogP contribution in [0.3, 0.4) is 0 Å². The van der Waals surface area contributed by atoms with Gasteiger partial charge in [-0.05, 0) is 12.8 Å². The molecule has 20 heavy (non-hydrogen) atoms. The van der Waals surface area contributed by atoms with Crippen LogP contribution in [0.4, 0.5) is 11.6 Å². The van der Waals surface area contributed by atoms with Crippen LogP contribution in [0.25, 0.3) is 0 Å². The smallest absolute Gasteiger partial charge is 0.138 e. The first-order chi connectivity index (χ1) is 9.36. The van der Waals surface area contributed by atoms with Gasteiger partial charge in [0.25, 0.3) is 0 Å². The monoisotopic (exact) mass is 278 g/mol. The maximum absolute atomic E-state index is 9.99. The van der Waals surface area contributed by atoms with E-state index in [9.17, 15) is 5.11 Å². The molecule has 1 saturated carbocycles. The highest BCUT2D eigenvalue weighted by Crippen LogP contribution is 2.25. The molecule has 0 amide bonds. The lowest BCUT2D eigenvalue weighted by atomic mass is 9.86. The number of nitrogens with one attached hydrogen (secondary N) is 1. The molecule has 0 saturated heterocycles. The number of aliphatic hydroxyl groups is 1. The molecule has 2 rings (SSSR count). The summed E-state index contributed by atoms with van der Waals surface area (Å²) in [5.74, 6) is 2.28. The molecule has 2 unspecified atom stereocenters. The van der Waals surface area contributed by atoms with Crippen LogP contribution in [0.1, 0.15) is 52.3 Å². The fraction of sp³-hybridized carbons (Fsp3) is 0.733. The normalized spacial score (nSPS) is 23.6. The summed E-state index contributed by atoms with van der Waals surface area (Å²) in [5, 5.41) is 13.3. The summed E-state index contributed by atoms with van der Waals surface area (Å²) in [6.45, 7) is 6.94. The molecule has 0 spiro atoms. The van der Waals surface area contributed by atoms with E-state index in [1.807, 2.05) is 0 Å². The first-order valence-corrected chi connectivity index (χ1v) is 7.43. The highest BCUT2D eigenvalue weighted by molar-refractivity contribution is 5.45. The quantitative estimate of drug-likeness (QED) is 0.790. The predicted molar refractivity (Wildman–Crippen MR) is 81.6 cm³/mol. The van der Waals surface area contributed by atoms with E-state index in [0.29, 0.717) is 11.7 Å². The Bertz CT molecular complexity index is 456. The van der Waals surface area contributed by atoms with Crippen molar-refractivity contribution in [3.63, 3.8) is 0 Å². The first kappa shape index (κ1) is 15.0. The van der Waals surface area contributed by atoms with Gasteiger partial charge in [-0.25, -0.2) is 9.97 Å². The van der Waals surface area contributed by atoms with Crippen molar-refractivity contribution >= 4 is 11.6 Å². The largest absolute Gasteiger partial charge is 0.393 e. The van der Waals surface area contributed by atoms with Crippen molar-refractivity contribution in [3.05, 3.63) is 11.9 Å². The van der Waals surface area contributed by atoms with E-state index in [2.05, 4.69) is 36.1 Å². The lowest BCUT2D eigenvalue weighted by Crippen LogP contribution is -2.30. The van der Waals surface area contributed by atoms with E-state index in [1.54, 1.807) is 6.07 Å². The SMILES string of the molecule is CC(C)(C)c1nc(N)cc(NCC2CCCCC2O)n1. The van der Waals surface area contributed by atoms with Gasteiger partial charge in [0.15, 0.2) is 0 Å². The van der Waals surface area contributed by atoms with Crippen LogP contribution in [0.15, 0.2) is 6.07 Å². The van der Waals surface area contributed by atoms with E-state index in [4.69, 9.17) is 5.73 Å². The third-order valence-electron chi connectivity index (χ3n) is 3.83. The van der Waals surface area contributed by atoms with Crippen LogP contribution >= 0.6 is 0 Å². The molecular formula is C15H26N4O. The molecule has 1 aromatic heterocycles. The van der Waals surface area contributed by atoms with Gasteiger partial charge in [-0.1, -0.05) is 33.6 Å². The molecular weight excluding hydrogens is 252 g/mol. The van der Waals surface area contributed by atoms with Crippen LogP contribution in [0.5, 0.6) is 0 Å². The number of anilines is 2. The summed E-state index contributed by atoms with van der Waals surface area (Å²) in [4.78, 5) is 8.82. The number of nitrogens with zero attached hydrogens (tertiary/aromatic N) is 2. The van der Waals surface area contributed by atoms with Crippen molar-refractivity contribution in [2.24, 2.45) is 5.92 Å². The van der Waals surface area contributed by atoms with Gasteiger partial charge in [0.05, 0.1) is 6.10 Å². The summed E-state index contributed by atoms with van der Waals surface area (Å²) < 4.78 is 0. The Labute approximate surface area is 121 Å². The van der Waals surface area contributed by atoms with Crippen molar-refractivity contribution < 1.29 is 5.11 Å². The van der Waals surface area contributed by atoms with E-state index >= 15 is 0 Å². The van der Waals surface area contributed by atoms with Gasteiger partial charge in [0, 0.05) is 23.9 Å². The van der Waals surface area contributed by atoms with E-state index in [-0.39, 0.29) is 11.5 Å². The zero-order valence-corrected chi connectivity index (χ0v) is 12.7. The highest BCUT2D eigenvalue weighted by Gasteiger charge is 2.23. The fourth-order valence-corrected chi connectivity index (χ4v) is 2.55. The van der Waals surface area contributed by atoms with Gasteiger partial charge in [0.1, 0.15) is 17.5 Å². The minimum Gasteiger partial charge on any atom is -0.393 e. The van der Waals surface area contributed by atoms with Crippen LogP contribution in [-0.2, 0) is 5.41 Å². The Hall–Kier alpha value is -1.36. The number of aliphatic hydroxyl groups excluding tert-OH is 1. The van der Waals surface area contributed by atoms with Gasteiger partial charge >= 0.3 is 0 Å². The topological polar surface area (TPSA) is 84.1 Å². The lowest BCUT2D eigenvalue weighted by Gasteiger charge is -2.28. The molecule has 2 atom stereocenters. The van der Waals surface area contributed by atoms with Gasteiger partial charge < -0.3 is 16.2 Å². The van der Waals surface area contributed by atoms with Crippen molar-refractivity contribution in [2.45, 2.75) is 58.0 Å². The molecule has 0 aromatic carbocycles. The number of rotatable bonds is 3. The maximum atomic E-state index is 9.99. The van der Waals surface area contributed by atoms with E-state index in [0.717, 1.165) is 37.4 Å². The summed E-state index contributed by atoms with van der Waals surface area (Å²) in [6, 6.07) is 1.75. The number of nitrogen functional groups attached to an aromatic ring is 1. The van der Waals surface area contributed by atoms with Crippen molar-refractivity contribution in [3.8, 4) is 0 Å². The van der Waals surface area contributed by atoms with Gasteiger partial charge in [-0.2, -0.15) is 0 Å². The van der Waals surface area contributed by atoms with Crippen LogP contribution in [0, 0.1) is 5.92 Å². The van der Waals surface area contributed by atoms with Gasteiger partial charge in [-0.3, -0.25) is 0 Å². The number of nitrogens with two attached hydrogens (primary N) is 1. The predicted octanol–water partition coefficient (Wildman–Crippen LogP) is 2.32. The van der Waals surface area contributed by atoms with E-state index in [1.165, 1.54) is 6.42 Å². The minimum atomic E-state index is -0.197. The Morgan fingerprint density at radius 2 is 2.00 bits per heavy atom. The zero-order valence-electron chi connectivity index (χ0n) is 12.7. The third kappa shape index (κ3) is 3.82. The maximum Gasteiger partial charge on any atom is 0.138 e. The zero-order chi connectivity index (χ0) is 14.8. The van der Waals surface area contributed by atoms with Crippen LogP contribution < -0.4 is 11.1 Å². The second-order valence-corrected chi connectivity index (χ2v) is 6.74. The third-order valence-corrected chi connectivity index (χ3v) is 3.83. The molecule has 1 aromatic rings. The second kappa shape index (κ2) is 5.95. The van der Waals surface area contributed by atoms with Gasteiger partial charge in [-0.15, -0.1) is 0 Å². The fourth-order valence-electron chi connectivity index (χ4n) is 2.55. The average molecular weight is 278 g/mol. The van der Waals surface area contributed by atoms with Crippen LogP contribution in [0.2, 0.25) is 0 Å². The molecule has 0 radical (unpaired) electrons. The van der Waals surface area contributed by atoms with E-state index < -0.39 is 0 Å². The molecule has 112 valence electrons. The van der Waals surface area contributed by atoms with Gasteiger partial charge in [0.2, 0.25) is 0 Å². The highest BCUT2D eigenvalue weighted by atomic mass is 16.3. The van der Waals surface area contributed by atoms with Crippen molar-refractivity contribution in [1.29, 1.82) is 0 Å². The summed E-state index contributed by atoms with van der Waals surface area (Å²) in [6.07, 6.45) is 4.11. The molecule has 4 N–H and O–H groups in total. The minimum absolute atomic E-state index is 0.129. The Morgan fingerprint density at radius 3 is 2.65 bits per heavy atom. The number of hydrogen-bond donors (Lipinski definition) is 3. The Balaban J connectivity index is 2.04. The lowest BCUT2D eigenvalue weighted by molar-refractivity contribution is 0.0763. The Morgan fingerprint density at radius 1 is 1.30 bits per heavy atom. The first-order valence-electron chi connectivity index (χ1n) is 7.43. The Kier molecular flexibility index (Phi) is 4.48. The molecule has 1 fully saturated rings. The molecule has 5 nitrogen and oxygen atoms in total. The van der Waals surface area contributed by atoms with Crippen molar-refractivity contribution in [1.82, 2.24) is 9.97 Å². The molecule has 1 aliphatic carbocycles. The molecule has 5 heteroatoms. The summed E-state index contributed by atoms with van der Waals surface area (Å²) in [7, 11) is 0. The standard InChI is InChI=1S/C15H26N4O/c1-15(2,3)14-18-12(16)8-13(19-14)17-9-10-6-4-5-7-11(10)20/h8,10-11,20H,4-7,9H2,1-3H3,(H3,16,17,18,19).